The Hall–Kier alpha value is -3.55. The summed E-state index contributed by atoms with van der Waals surface area (Å²) >= 11 is 0. The summed E-state index contributed by atoms with van der Waals surface area (Å²) in [4.78, 5) is 8.90. The lowest BCUT2D eigenvalue weighted by Gasteiger charge is -2.13. The van der Waals surface area contributed by atoms with E-state index in [1.807, 2.05) is 30.3 Å². The highest BCUT2D eigenvalue weighted by atomic mass is 16.5. The number of rotatable bonds is 9. The number of aliphatic imine (C=N–C) groups is 1. The fourth-order valence-electron chi connectivity index (χ4n) is 3.04. The molecule has 0 radical (unpaired) electrons. The molecule has 1 heterocycles. The van der Waals surface area contributed by atoms with Crippen molar-refractivity contribution in [2.45, 2.75) is 19.9 Å². The Morgan fingerprint density at radius 2 is 1.90 bits per heavy atom. The highest BCUT2D eigenvalue weighted by Crippen LogP contribution is 2.27. The van der Waals surface area contributed by atoms with Crippen molar-refractivity contribution < 1.29 is 9.47 Å². The Kier molecular flexibility index (Phi) is 7.65. The highest BCUT2D eigenvalue weighted by Gasteiger charge is 2.06. The molecule has 8 nitrogen and oxygen atoms in total. The lowest BCUT2D eigenvalue weighted by molar-refractivity contribution is 0.354. The quantitative estimate of drug-likeness (QED) is 0.372. The van der Waals surface area contributed by atoms with Gasteiger partial charge >= 0.3 is 0 Å². The third-order valence-electron chi connectivity index (χ3n) is 4.53. The SMILES string of the molecule is CCNC(=NCc1cccc(-c2ncn[nH]2)c1)NCCc1ccc(OC)c(OC)c1. The van der Waals surface area contributed by atoms with Gasteiger partial charge in [-0.2, -0.15) is 5.10 Å². The number of guanidine groups is 1. The van der Waals surface area contributed by atoms with Gasteiger partial charge in [-0.3, -0.25) is 5.10 Å². The molecule has 1 aromatic heterocycles. The largest absolute Gasteiger partial charge is 0.493 e. The summed E-state index contributed by atoms with van der Waals surface area (Å²) in [5.74, 6) is 3.00. The van der Waals surface area contributed by atoms with Crippen LogP contribution in [0.4, 0.5) is 0 Å². The molecule has 0 atom stereocenters. The van der Waals surface area contributed by atoms with E-state index in [0.29, 0.717) is 6.54 Å². The molecule has 2 aromatic carbocycles. The number of aromatic nitrogens is 3. The molecular weight excluding hydrogens is 380 g/mol. The molecule has 0 saturated heterocycles. The maximum atomic E-state index is 5.37. The number of H-pyrrole nitrogens is 1. The Morgan fingerprint density at radius 1 is 1.03 bits per heavy atom. The van der Waals surface area contributed by atoms with Gasteiger partial charge in [0.25, 0.3) is 0 Å². The number of benzene rings is 2. The van der Waals surface area contributed by atoms with Crippen molar-refractivity contribution in [3.8, 4) is 22.9 Å². The summed E-state index contributed by atoms with van der Waals surface area (Å²) in [5.41, 5.74) is 3.25. The second-order valence-corrected chi connectivity index (χ2v) is 6.60. The fraction of sp³-hybridized carbons (Fsp3) is 0.318. The number of hydrogen-bond acceptors (Lipinski definition) is 5. The molecule has 0 spiro atoms. The smallest absolute Gasteiger partial charge is 0.191 e. The van der Waals surface area contributed by atoms with Crippen molar-refractivity contribution in [1.29, 1.82) is 0 Å². The van der Waals surface area contributed by atoms with Gasteiger partial charge in [0.2, 0.25) is 0 Å². The fourth-order valence-corrected chi connectivity index (χ4v) is 3.04. The summed E-state index contributed by atoms with van der Waals surface area (Å²) in [7, 11) is 3.28. The van der Waals surface area contributed by atoms with Crippen LogP contribution >= 0.6 is 0 Å². The van der Waals surface area contributed by atoms with Crippen LogP contribution in [-0.4, -0.2) is 48.5 Å². The standard InChI is InChI=1S/C22H28N6O2/c1-4-23-22(24-11-10-16-8-9-19(29-2)20(13-16)30-3)25-14-17-6-5-7-18(12-17)21-26-15-27-28-21/h5-9,12-13,15H,4,10-11,14H2,1-3H3,(H2,23,24,25)(H,26,27,28). The molecule has 0 saturated carbocycles. The predicted molar refractivity (Wildman–Crippen MR) is 118 cm³/mol. The van der Waals surface area contributed by atoms with Crippen LogP contribution in [0.15, 0.2) is 53.8 Å². The number of methoxy groups -OCH3 is 2. The number of hydrogen-bond donors (Lipinski definition) is 3. The molecule has 8 heteroatoms. The lowest BCUT2D eigenvalue weighted by atomic mass is 10.1. The third kappa shape index (κ3) is 5.73. The third-order valence-corrected chi connectivity index (χ3v) is 4.53. The summed E-state index contributed by atoms with van der Waals surface area (Å²) in [5, 5.41) is 13.5. The van der Waals surface area contributed by atoms with Crippen LogP contribution in [-0.2, 0) is 13.0 Å². The number of nitrogens with zero attached hydrogens (tertiary/aromatic N) is 3. The predicted octanol–water partition coefficient (Wildman–Crippen LogP) is 2.79. The van der Waals surface area contributed by atoms with Crippen molar-refractivity contribution in [3.63, 3.8) is 0 Å². The molecule has 0 bridgehead atoms. The maximum absolute atomic E-state index is 5.37. The van der Waals surface area contributed by atoms with Crippen molar-refractivity contribution in [2.24, 2.45) is 4.99 Å². The summed E-state index contributed by atoms with van der Waals surface area (Å²) < 4.78 is 10.7. The van der Waals surface area contributed by atoms with Crippen LogP contribution in [0.5, 0.6) is 11.5 Å². The van der Waals surface area contributed by atoms with E-state index < -0.39 is 0 Å². The molecule has 0 aliphatic heterocycles. The maximum Gasteiger partial charge on any atom is 0.191 e. The Morgan fingerprint density at radius 3 is 2.63 bits per heavy atom. The van der Waals surface area contributed by atoms with E-state index in [-0.39, 0.29) is 0 Å². The zero-order chi connectivity index (χ0) is 21.2. The van der Waals surface area contributed by atoms with E-state index in [1.165, 1.54) is 6.33 Å². The van der Waals surface area contributed by atoms with Gasteiger partial charge in [-0.15, -0.1) is 0 Å². The van der Waals surface area contributed by atoms with Crippen LogP contribution in [0.1, 0.15) is 18.1 Å². The number of nitrogens with one attached hydrogen (secondary N) is 3. The first kappa shape index (κ1) is 21.2. The van der Waals surface area contributed by atoms with Crippen LogP contribution in [0.25, 0.3) is 11.4 Å². The van der Waals surface area contributed by atoms with E-state index >= 15 is 0 Å². The van der Waals surface area contributed by atoms with E-state index in [1.54, 1.807) is 14.2 Å². The molecular formula is C22H28N6O2. The van der Waals surface area contributed by atoms with Gasteiger partial charge < -0.3 is 20.1 Å². The second kappa shape index (κ2) is 10.8. The van der Waals surface area contributed by atoms with Crippen LogP contribution < -0.4 is 20.1 Å². The van der Waals surface area contributed by atoms with Gasteiger partial charge in [-0.25, -0.2) is 9.98 Å². The van der Waals surface area contributed by atoms with E-state index in [0.717, 1.165) is 59.5 Å². The molecule has 158 valence electrons. The Labute approximate surface area is 176 Å². The van der Waals surface area contributed by atoms with Gasteiger partial charge in [-0.1, -0.05) is 24.3 Å². The Bertz CT molecular complexity index is 956. The van der Waals surface area contributed by atoms with Gasteiger partial charge in [0.15, 0.2) is 23.3 Å². The van der Waals surface area contributed by atoms with Crippen LogP contribution in [0.2, 0.25) is 0 Å². The molecule has 0 aliphatic rings. The van der Waals surface area contributed by atoms with Crippen molar-refractivity contribution in [1.82, 2.24) is 25.8 Å². The first-order valence-electron chi connectivity index (χ1n) is 9.91. The Balaban J connectivity index is 1.59. The van der Waals surface area contributed by atoms with E-state index in [9.17, 15) is 0 Å². The van der Waals surface area contributed by atoms with Gasteiger partial charge in [0.05, 0.1) is 20.8 Å². The molecule has 0 fully saturated rings. The lowest BCUT2D eigenvalue weighted by Crippen LogP contribution is -2.38. The average Bonchev–Trinajstić information content (AvgIpc) is 3.32. The van der Waals surface area contributed by atoms with Gasteiger partial charge in [0.1, 0.15) is 6.33 Å². The molecule has 3 aromatic rings. The van der Waals surface area contributed by atoms with E-state index in [2.05, 4.69) is 44.9 Å². The average molecular weight is 409 g/mol. The van der Waals surface area contributed by atoms with Gasteiger partial charge in [0, 0.05) is 18.7 Å². The second-order valence-electron chi connectivity index (χ2n) is 6.60. The molecule has 0 unspecified atom stereocenters. The summed E-state index contributed by atoms with van der Waals surface area (Å²) in [6.45, 7) is 4.16. The van der Waals surface area contributed by atoms with Crippen LogP contribution in [0.3, 0.4) is 0 Å². The summed E-state index contributed by atoms with van der Waals surface area (Å²) in [6.07, 6.45) is 2.34. The first-order valence-corrected chi connectivity index (χ1v) is 9.91. The zero-order valence-electron chi connectivity index (χ0n) is 17.6. The summed E-state index contributed by atoms with van der Waals surface area (Å²) in [6, 6.07) is 14.1. The molecule has 3 N–H and O–H groups in total. The minimum absolute atomic E-state index is 0.563. The zero-order valence-corrected chi connectivity index (χ0v) is 17.6. The number of aromatic amines is 1. The molecule has 30 heavy (non-hydrogen) atoms. The van der Waals surface area contributed by atoms with Crippen molar-refractivity contribution in [3.05, 3.63) is 59.9 Å². The molecule has 0 amide bonds. The highest BCUT2D eigenvalue weighted by molar-refractivity contribution is 5.79. The molecule has 3 rings (SSSR count). The first-order chi connectivity index (χ1) is 14.7. The minimum Gasteiger partial charge on any atom is -0.493 e. The van der Waals surface area contributed by atoms with E-state index in [4.69, 9.17) is 14.5 Å². The van der Waals surface area contributed by atoms with Crippen molar-refractivity contribution in [2.75, 3.05) is 27.3 Å². The number of ether oxygens (including phenoxy) is 2. The van der Waals surface area contributed by atoms with Gasteiger partial charge in [-0.05, 0) is 42.7 Å². The minimum atomic E-state index is 0.563. The monoisotopic (exact) mass is 408 g/mol. The topological polar surface area (TPSA) is 96.5 Å². The van der Waals surface area contributed by atoms with Crippen molar-refractivity contribution >= 4 is 5.96 Å². The normalized spacial score (nSPS) is 11.2. The van der Waals surface area contributed by atoms with Crippen LogP contribution in [0, 0.1) is 0 Å². The molecule has 0 aliphatic carbocycles.